The molecule has 1 unspecified atom stereocenters. The molecule has 5 nitrogen and oxygen atoms in total. The molecule has 0 saturated heterocycles. The van der Waals surface area contributed by atoms with E-state index >= 15 is 0 Å². The Kier molecular flexibility index (Phi) is 7.37. The first-order valence-electron chi connectivity index (χ1n) is 11.2. The maximum atomic E-state index is 13.7. The number of H-pyrrole nitrogens is 1. The minimum Gasteiger partial charge on any atom is -0.451 e. The largest absolute Gasteiger partial charge is 0.451 e. The van der Waals surface area contributed by atoms with E-state index in [-0.39, 0.29) is 11.8 Å². The number of nitrogens with zero attached hydrogens (tertiary/aromatic N) is 2. The zero-order valence-corrected chi connectivity index (χ0v) is 19.5. The van der Waals surface area contributed by atoms with Crippen LogP contribution in [0.5, 0.6) is 0 Å². The molecule has 1 aromatic heterocycles. The monoisotopic (exact) mass is 421 g/mol. The van der Waals surface area contributed by atoms with E-state index < -0.39 is 0 Å². The number of amides is 1. The first-order chi connectivity index (χ1) is 14.9. The lowest BCUT2D eigenvalue weighted by molar-refractivity contribution is -0.131. The van der Waals surface area contributed by atoms with Crippen LogP contribution in [0.4, 0.5) is 0 Å². The van der Waals surface area contributed by atoms with E-state index in [2.05, 4.69) is 37.3 Å². The summed E-state index contributed by atoms with van der Waals surface area (Å²) in [4.78, 5) is 23.2. The molecule has 1 N–H and O–H groups in total. The van der Waals surface area contributed by atoms with Gasteiger partial charge in [0.15, 0.2) is 5.76 Å². The van der Waals surface area contributed by atoms with Crippen LogP contribution < -0.4 is 0 Å². The second-order valence-electron chi connectivity index (χ2n) is 8.74. The molecule has 1 aromatic rings. The van der Waals surface area contributed by atoms with E-state index in [9.17, 15) is 4.79 Å². The third-order valence-electron chi connectivity index (χ3n) is 5.97. The van der Waals surface area contributed by atoms with Gasteiger partial charge in [-0.15, -0.1) is 0 Å². The molecule has 1 aliphatic carbocycles. The number of ether oxygens (including phenoxy) is 1. The van der Waals surface area contributed by atoms with E-state index in [4.69, 9.17) is 4.74 Å². The average Bonchev–Trinajstić information content (AvgIpc) is 3.48. The number of aromatic amines is 1. The van der Waals surface area contributed by atoms with Crippen LogP contribution >= 0.6 is 0 Å². The fraction of sp³-hybridized carbons (Fsp3) is 0.462. The van der Waals surface area contributed by atoms with Gasteiger partial charge in [-0.25, -0.2) is 4.98 Å². The van der Waals surface area contributed by atoms with Crippen molar-refractivity contribution < 1.29 is 9.53 Å². The van der Waals surface area contributed by atoms with Gasteiger partial charge in [-0.3, -0.25) is 4.79 Å². The smallest absolute Gasteiger partial charge is 0.289 e. The third-order valence-corrected chi connectivity index (χ3v) is 5.97. The van der Waals surface area contributed by atoms with Gasteiger partial charge in [0.2, 0.25) is 0 Å². The number of imidazole rings is 1. The quantitative estimate of drug-likeness (QED) is 0.322. The van der Waals surface area contributed by atoms with Crippen LogP contribution in [0.3, 0.4) is 0 Å². The van der Waals surface area contributed by atoms with E-state index in [0.29, 0.717) is 24.8 Å². The highest BCUT2D eigenvalue weighted by Gasteiger charge is 2.35. The molecule has 0 spiro atoms. The second kappa shape index (κ2) is 9.99. The van der Waals surface area contributed by atoms with Crippen LogP contribution in [0.1, 0.15) is 71.2 Å². The Morgan fingerprint density at radius 2 is 2.03 bits per heavy atom. The average molecular weight is 422 g/mol. The Hall–Kier alpha value is -2.82. The maximum absolute atomic E-state index is 13.7. The van der Waals surface area contributed by atoms with Gasteiger partial charge in [-0.2, -0.15) is 0 Å². The van der Waals surface area contributed by atoms with Gasteiger partial charge in [0.1, 0.15) is 5.76 Å². The summed E-state index contributed by atoms with van der Waals surface area (Å²) >= 11 is 0. The molecule has 1 aliphatic heterocycles. The molecular weight excluding hydrogens is 386 g/mol. The van der Waals surface area contributed by atoms with Gasteiger partial charge in [-0.1, -0.05) is 44.7 Å². The number of allylic oxidation sites excluding steroid dienone is 7. The zero-order valence-electron chi connectivity index (χ0n) is 19.5. The molecule has 31 heavy (non-hydrogen) atoms. The minimum absolute atomic E-state index is 0.0349. The number of aromatic nitrogens is 2. The van der Waals surface area contributed by atoms with Crippen LogP contribution in [0.15, 0.2) is 65.4 Å². The number of fused-ring (bicyclic) bond motifs is 1. The van der Waals surface area contributed by atoms with Crippen LogP contribution in [-0.4, -0.2) is 27.3 Å². The highest BCUT2D eigenvalue weighted by Crippen LogP contribution is 2.40. The molecule has 0 radical (unpaired) electrons. The SMILES string of the molecule is C=C/C=C\C=C(/CC)C(O/C(C(=O)N1Cc2[nH]cnc2C(C)C1)=C(\C)C1CC1)=C(C)C. The summed E-state index contributed by atoms with van der Waals surface area (Å²) in [5.74, 6) is 1.87. The van der Waals surface area contributed by atoms with Crippen molar-refractivity contribution in [3.05, 3.63) is 76.8 Å². The number of hydrogen-bond donors (Lipinski definition) is 1. The van der Waals surface area contributed by atoms with Gasteiger partial charge in [-0.05, 0) is 62.7 Å². The van der Waals surface area contributed by atoms with Crippen molar-refractivity contribution in [1.29, 1.82) is 0 Å². The van der Waals surface area contributed by atoms with Crippen molar-refractivity contribution in [2.75, 3.05) is 6.54 Å². The highest BCUT2D eigenvalue weighted by atomic mass is 16.5. The van der Waals surface area contributed by atoms with Gasteiger partial charge in [0, 0.05) is 12.5 Å². The summed E-state index contributed by atoms with van der Waals surface area (Å²) in [5.41, 5.74) is 5.25. The van der Waals surface area contributed by atoms with Crippen molar-refractivity contribution >= 4 is 5.91 Å². The van der Waals surface area contributed by atoms with Crippen molar-refractivity contribution in [2.45, 2.75) is 66.3 Å². The Balaban J connectivity index is 1.93. The van der Waals surface area contributed by atoms with E-state index in [1.54, 1.807) is 12.4 Å². The Morgan fingerprint density at radius 1 is 1.29 bits per heavy atom. The normalized spacial score (nSPS) is 19.7. The summed E-state index contributed by atoms with van der Waals surface area (Å²) in [6.07, 6.45) is 12.4. The van der Waals surface area contributed by atoms with Gasteiger partial charge in [0.25, 0.3) is 5.91 Å². The van der Waals surface area contributed by atoms with Crippen molar-refractivity contribution in [3.63, 3.8) is 0 Å². The minimum atomic E-state index is -0.0349. The lowest BCUT2D eigenvalue weighted by atomic mass is 10.00. The molecule has 1 fully saturated rings. The number of hydrogen-bond acceptors (Lipinski definition) is 3. The van der Waals surface area contributed by atoms with E-state index in [0.717, 1.165) is 53.1 Å². The topological polar surface area (TPSA) is 58.2 Å². The van der Waals surface area contributed by atoms with Gasteiger partial charge < -0.3 is 14.6 Å². The van der Waals surface area contributed by atoms with Crippen LogP contribution in [0.2, 0.25) is 0 Å². The first-order valence-corrected chi connectivity index (χ1v) is 11.2. The molecule has 2 heterocycles. The number of carbonyl (C=O) groups excluding carboxylic acids is 1. The molecule has 0 bridgehead atoms. The summed E-state index contributed by atoms with van der Waals surface area (Å²) in [6.45, 7) is 15.2. The predicted molar refractivity (Wildman–Crippen MR) is 125 cm³/mol. The van der Waals surface area contributed by atoms with Gasteiger partial charge >= 0.3 is 0 Å². The fourth-order valence-corrected chi connectivity index (χ4v) is 4.04. The third kappa shape index (κ3) is 5.27. The lowest BCUT2D eigenvalue weighted by Crippen LogP contribution is -2.39. The zero-order chi connectivity index (χ0) is 22.5. The molecule has 1 amide bonds. The summed E-state index contributed by atoms with van der Waals surface area (Å²) in [6, 6.07) is 0. The molecule has 1 atom stereocenters. The van der Waals surface area contributed by atoms with Crippen molar-refractivity contribution in [3.8, 4) is 0 Å². The van der Waals surface area contributed by atoms with Crippen molar-refractivity contribution in [2.24, 2.45) is 5.92 Å². The Labute approximate surface area is 186 Å². The molecule has 166 valence electrons. The molecule has 5 heteroatoms. The number of rotatable bonds is 8. The van der Waals surface area contributed by atoms with Crippen molar-refractivity contribution in [1.82, 2.24) is 14.9 Å². The highest BCUT2D eigenvalue weighted by molar-refractivity contribution is 5.92. The molecule has 0 aromatic carbocycles. The van der Waals surface area contributed by atoms with Crippen LogP contribution in [-0.2, 0) is 16.1 Å². The number of carbonyl (C=O) groups is 1. The number of nitrogens with one attached hydrogen (secondary N) is 1. The molecule has 1 saturated carbocycles. The Bertz CT molecular complexity index is 953. The van der Waals surface area contributed by atoms with E-state index in [1.807, 2.05) is 37.0 Å². The summed E-state index contributed by atoms with van der Waals surface area (Å²) in [5, 5.41) is 0. The summed E-state index contributed by atoms with van der Waals surface area (Å²) < 4.78 is 6.49. The lowest BCUT2D eigenvalue weighted by Gasteiger charge is -2.31. The second-order valence-corrected chi connectivity index (χ2v) is 8.74. The van der Waals surface area contributed by atoms with Crippen LogP contribution in [0, 0.1) is 5.92 Å². The summed E-state index contributed by atoms with van der Waals surface area (Å²) in [7, 11) is 0. The maximum Gasteiger partial charge on any atom is 0.289 e. The Morgan fingerprint density at radius 3 is 2.65 bits per heavy atom. The first kappa shape index (κ1) is 22.9. The standard InChI is InChI=1S/C26H35N3O2/c1-7-9-10-11-20(8-2)24(17(3)4)31-25(19(6)21-12-13-21)26(30)29-14-18(5)23-22(15-29)27-16-28-23/h7,9-11,16,18,21H,1,8,12-15H2,2-6H3,(H,27,28)/b10-9-,20-11+,25-19+. The molecule has 2 aliphatic rings. The predicted octanol–water partition coefficient (Wildman–Crippen LogP) is 5.93. The fourth-order valence-electron chi connectivity index (χ4n) is 4.04. The molecule has 3 rings (SSSR count). The molecular formula is C26H35N3O2. The van der Waals surface area contributed by atoms with E-state index in [1.165, 1.54) is 0 Å². The van der Waals surface area contributed by atoms with Gasteiger partial charge in [0.05, 0.1) is 24.3 Å². The van der Waals surface area contributed by atoms with Crippen LogP contribution in [0.25, 0.3) is 0 Å².